The second-order valence-electron chi connectivity index (χ2n) is 12.1. The maximum absolute atomic E-state index is 12.3. The van der Waals surface area contributed by atoms with Crippen LogP contribution in [-0.4, -0.2) is 88.1 Å². The highest BCUT2D eigenvalue weighted by molar-refractivity contribution is 7.22. The molecule has 0 aliphatic carbocycles. The van der Waals surface area contributed by atoms with Gasteiger partial charge in [0.05, 0.1) is 35.1 Å². The summed E-state index contributed by atoms with van der Waals surface area (Å²) in [5.74, 6) is -0.281. The van der Waals surface area contributed by atoms with Crippen molar-refractivity contribution in [3.63, 3.8) is 0 Å². The fourth-order valence-corrected chi connectivity index (χ4v) is 6.90. The molecule has 226 valence electrons. The van der Waals surface area contributed by atoms with E-state index in [1.807, 2.05) is 64.1 Å². The van der Waals surface area contributed by atoms with E-state index in [0.717, 1.165) is 82.6 Å². The van der Waals surface area contributed by atoms with Crippen LogP contribution in [0.1, 0.15) is 31.9 Å². The lowest BCUT2D eigenvalue weighted by atomic mass is 9.91. The van der Waals surface area contributed by atoms with Gasteiger partial charge in [0.2, 0.25) is 5.95 Å². The molecule has 2 saturated heterocycles. The van der Waals surface area contributed by atoms with Gasteiger partial charge in [-0.25, -0.2) is 19.7 Å². The quantitative estimate of drug-likeness (QED) is 0.265. The molecule has 2 aromatic carbocycles. The van der Waals surface area contributed by atoms with Crippen LogP contribution in [0.5, 0.6) is 0 Å². The average molecular weight is 622 g/mol. The highest BCUT2D eigenvalue weighted by atomic mass is 35.5. The summed E-state index contributed by atoms with van der Waals surface area (Å²) in [4.78, 5) is 31.6. The van der Waals surface area contributed by atoms with Crippen molar-refractivity contribution in [3.8, 4) is 21.8 Å². The molecule has 0 bridgehead atoms. The summed E-state index contributed by atoms with van der Waals surface area (Å²) in [6.07, 6.45) is 1.01. The molecule has 2 aromatic heterocycles. The summed E-state index contributed by atoms with van der Waals surface area (Å²) in [6, 6.07) is 12.1. The van der Waals surface area contributed by atoms with Gasteiger partial charge < -0.3 is 19.5 Å². The predicted octanol–water partition coefficient (Wildman–Crippen LogP) is 5.71. The Morgan fingerprint density at radius 3 is 2.49 bits per heavy atom. The van der Waals surface area contributed by atoms with Crippen LogP contribution in [0.2, 0.25) is 5.02 Å². The second kappa shape index (κ2) is 12.1. The first-order chi connectivity index (χ1) is 20.6. The van der Waals surface area contributed by atoms with Gasteiger partial charge in [-0.3, -0.25) is 4.90 Å². The Kier molecular flexibility index (Phi) is 8.41. The largest absolute Gasteiger partial charge is 0.479 e. The molecule has 4 aromatic rings. The number of hydrogen-bond donors (Lipinski definition) is 1. The van der Waals surface area contributed by atoms with Crippen LogP contribution >= 0.6 is 22.9 Å². The molecule has 1 N–H and O–H groups in total. The van der Waals surface area contributed by atoms with Crippen molar-refractivity contribution < 1.29 is 19.4 Å². The Labute approximate surface area is 260 Å². The standard InChI is InChI=1S/C32H36ClN5O4S/c1-19-15-25-28(27(20-5-7-21(33)8-6-20)23(19)16-26(30(39)40)42-32(2,3)4)43-29(35-25)24-9-10-34-31(36-24)38-13-11-37(12-14-38)22-17-41-18-22/h5-10,15,22,26H,11-14,16-18H2,1-4H3,(H,39,40)/t26-/m0/s1. The monoisotopic (exact) mass is 621 g/mol. The SMILES string of the molecule is Cc1cc2nc(-c3ccnc(N4CCN(C5COC5)CC4)n3)sc2c(-c2ccc(Cl)cc2)c1C[C@H](OC(C)(C)C)C(=O)O. The topological polar surface area (TPSA) is 101 Å². The number of thiazole rings is 1. The number of rotatable bonds is 8. The maximum Gasteiger partial charge on any atom is 0.333 e. The predicted molar refractivity (Wildman–Crippen MR) is 170 cm³/mol. The Balaban J connectivity index is 1.37. The Hall–Kier alpha value is -3.15. The third kappa shape index (κ3) is 6.53. The lowest BCUT2D eigenvalue weighted by Gasteiger charge is -2.42. The van der Waals surface area contributed by atoms with Crippen LogP contribution in [0.4, 0.5) is 5.95 Å². The number of aliphatic carboxylic acids is 1. The minimum absolute atomic E-state index is 0.218. The molecular weight excluding hydrogens is 586 g/mol. The van der Waals surface area contributed by atoms with Crippen molar-refractivity contribution in [2.75, 3.05) is 44.3 Å². The molecule has 0 saturated carbocycles. The molecule has 4 heterocycles. The molecule has 9 nitrogen and oxygen atoms in total. The van der Waals surface area contributed by atoms with Crippen LogP contribution < -0.4 is 4.90 Å². The Morgan fingerprint density at radius 1 is 1.14 bits per heavy atom. The zero-order valence-corrected chi connectivity index (χ0v) is 26.4. The highest BCUT2D eigenvalue weighted by Gasteiger charge is 2.30. The van der Waals surface area contributed by atoms with E-state index in [0.29, 0.717) is 17.0 Å². The fourth-order valence-electron chi connectivity index (χ4n) is 5.66. The molecule has 0 unspecified atom stereocenters. The third-order valence-electron chi connectivity index (χ3n) is 7.90. The van der Waals surface area contributed by atoms with E-state index >= 15 is 0 Å². The summed E-state index contributed by atoms with van der Waals surface area (Å²) in [5, 5.41) is 11.5. The number of carboxylic acids is 1. The lowest BCUT2D eigenvalue weighted by Crippen LogP contribution is -2.56. The highest BCUT2D eigenvalue weighted by Crippen LogP contribution is 2.41. The van der Waals surface area contributed by atoms with Gasteiger partial charge in [0.15, 0.2) is 6.10 Å². The van der Waals surface area contributed by atoms with E-state index in [1.54, 1.807) is 17.5 Å². The Bertz CT molecular complexity index is 1630. The summed E-state index contributed by atoms with van der Waals surface area (Å²) in [6.45, 7) is 12.9. The van der Waals surface area contributed by atoms with E-state index in [9.17, 15) is 9.90 Å². The molecule has 1 atom stereocenters. The number of aryl methyl sites for hydroxylation is 1. The van der Waals surface area contributed by atoms with E-state index in [-0.39, 0.29) is 6.42 Å². The van der Waals surface area contributed by atoms with Crippen molar-refractivity contribution in [2.45, 2.75) is 51.9 Å². The number of fused-ring (bicyclic) bond motifs is 1. The molecule has 0 radical (unpaired) electrons. The van der Waals surface area contributed by atoms with Crippen LogP contribution in [-0.2, 0) is 20.7 Å². The van der Waals surface area contributed by atoms with E-state index in [4.69, 9.17) is 31.0 Å². The van der Waals surface area contributed by atoms with Gasteiger partial charge in [-0.15, -0.1) is 11.3 Å². The number of ether oxygens (including phenoxy) is 2. The van der Waals surface area contributed by atoms with Gasteiger partial charge in [-0.05, 0) is 68.7 Å². The molecule has 0 amide bonds. The smallest absolute Gasteiger partial charge is 0.333 e. The molecule has 11 heteroatoms. The molecular formula is C32H36ClN5O4S. The number of halogens is 1. The summed E-state index contributed by atoms with van der Waals surface area (Å²) < 4.78 is 12.3. The van der Waals surface area contributed by atoms with Crippen LogP contribution in [0.15, 0.2) is 42.6 Å². The summed E-state index contributed by atoms with van der Waals surface area (Å²) in [7, 11) is 0. The molecule has 2 fully saturated rings. The summed E-state index contributed by atoms with van der Waals surface area (Å²) in [5.41, 5.74) is 4.76. The second-order valence-corrected chi connectivity index (χ2v) is 13.6. The third-order valence-corrected chi connectivity index (χ3v) is 9.26. The number of nitrogens with zero attached hydrogens (tertiary/aromatic N) is 5. The van der Waals surface area contributed by atoms with E-state index in [2.05, 4.69) is 14.8 Å². The van der Waals surface area contributed by atoms with E-state index in [1.165, 1.54) is 0 Å². The zero-order chi connectivity index (χ0) is 30.3. The molecule has 2 aliphatic heterocycles. The van der Waals surface area contributed by atoms with Crippen LogP contribution in [0.25, 0.3) is 32.0 Å². The first kappa shape index (κ1) is 29.9. The lowest BCUT2D eigenvalue weighted by molar-refractivity contribution is -0.159. The van der Waals surface area contributed by atoms with Gasteiger partial charge in [0, 0.05) is 49.4 Å². The van der Waals surface area contributed by atoms with Gasteiger partial charge in [0.25, 0.3) is 0 Å². The van der Waals surface area contributed by atoms with Crippen molar-refractivity contribution in [1.82, 2.24) is 19.9 Å². The first-order valence-corrected chi connectivity index (χ1v) is 15.7. The van der Waals surface area contributed by atoms with Gasteiger partial charge >= 0.3 is 5.97 Å². The Morgan fingerprint density at radius 2 is 1.86 bits per heavy atom. The minimum Gasteiger partial charge on any atom is -0.479 e. The minimum atomic E-state index is -1.00. The van der Waals surface area contributed by atoms with Gasteiger partial charge in [-0.1, -0.05) is 23.7 Å². The van der Waals surface area contributed by atoms with Crippen molar-refractivity contribution >= 4 is 45.1 Å². The number of anilines is 1. The number of carbonyl (C=O) groups is 1. The van der Waals surface area contributed by atoms with E-state index < -0.39 is 17.7 Å². The van der Waals surface area contributed by atoms with Crippen LogP contribution in [0, 0.1) is 6.92 Å². The zero-order valence-electron chi connectivity index (χ0n) is 24.8. The summed E-state index contributed by atoms with van der Waals surface area (Å²) >= 11 is 7.80. The number of carboxylic acid groups (broad SMARTS) is 1. The van der Waals surface area contributed by atoms with Crippen molar-refractivity contribution in [2.24, 2.45) is 0 Å². The van der Waals surface area contributed by atoms with Crippen LogP contribution in [0.3, 0.4) is 0 Å². The number of piperazine rings is 1. The maximum atomic E-state index is 12.3. The molecule has 43 heavy (non-hydrogen) atoms. The normalized spacial score (nSPS) is 17.3. The number of benzene rings is 2. The fraction of sp³-hybridized carbons (Fsp3) is 0.438. The van der Waals surface area contributed by atoms with Crippen molar-refractivity contribution in [3.05, 3.63) is 58.7 Å². The number of aromatic nitrogens is 3. The van der Waals surface area contributed by atoms with Crippen molar-refractivity contribution in [1.29, 1.82) is 0 Å². The van der Waals surface area contributed by atoms with Gasteiger partial charge in [-0.2, -0.15) is 0 Å². The molecule has 6 rings (SSSR count). The molecule has 2 aliphatic rings. The number of hydrogen-bond acceptors (Lipinski definition) is 9. The first-order valence-electron chi connectivity index (χ1n) is 14.6. The van der Waals surface area contributed by atoms with Gasteiger partial charge in [0.1, 0.15) is 10.7 Å². The average Bonchev–Trinajstić information content (AvgIpc) is 3.36. The molecule has 0 spiro atoms.